The van der Waals surface area contributed by atoms with Crippen molar-refractivity contribution in [3.8, 4) is 0 Å². The van der Waals surface area contributed by atoms with Crippen LogP contribution in [0.4, 0.5) is 0 Å². The summed E-state index contributed by atoms with van der Waals surface area (Å²) in [5, 5.41) is 3.03. The molecule has 1 N–H and O–H groups in total. The number of aliphatic imine (C=N–C) groups is 1. The molecule has 2 aromatic rings. The second-order valence-electron chi connectivity index (χ2n) is 4.57. The highest BCUT2D eigenvalue weighted by Crippen LogP contribution is 2.11. The SMILES string of the molecule is CCCN=C(c1ccccc1)c1c(C)[nH]n(C)c1=O. The van der Waals surface area contributed by atoms with E-state index >= 15 is 0 Å². The van der Waals surface area contributed by atoms with E-state index in [-0.39, 0.29) is 5.56 Å². The lowest BCUT2D eigenvalue weighted by molar-refractivity contribution is 0.731. The second-order valence-corrected chi connectivity index (χ2v) is 4.57. The molecule has 1 heterocycles. The molecule has 0 aliphatic heterocycles. The fraction of sp³-hybridized carbons (Fsp3) is 0.333. The van der Waals surface area contributed by atoms with Gasteiger partial charge in [0.1, 0.15) is 0 Å². The van der Waals surface area contributed by atoms with Gasteiger partial charge in [-0.2, -0.15) is 0 Å². The van der Waals surface area contributed by atoms with Crippen molar-refractivity contribution in [3.63, 3.8) is 0 Å². The number of aromatic amines is 1. The van der Waals surface area contributed by atoms with Crippen LogP contribution in [0.15, 0.2) is 40.1 Å². The predicted octanol–water partition coefficient (Wildman–Crippen LogP) is 2.27. The maximum atomic E-state index is 12.2. The van der Waals surface area contributed by atoms with E-state index in [0.717, 1.165) is 29.9 Å². The van der Waals surface area contributed by atoms with Gasteiger partial charge in [0.25, 0.3) is 5.56 Å². The van der Waals surface area contributed by atoms with Gasteiger partial charge in [-0.1, -0.05) is 37.3 Å². The maximum absolute atomic E-state index is 12.2. The summed E-state index contributed by atoms with van der Waals surface area (Å²) in [6.07, 6.45) is 0.958. The third kappa shape index (κ3) is 2.67. The molecule has 0 saturated carbocycles. The molecule has 0 aliphatic carbocycles. The summed E-state index contributed by atoms with van der Waals surface area (Å²) in [6, 6.07) is 9.86. The van der Waals surface area contributed by atoms with E-state index in [2.05, 4.69) is 17.0 Å². The zero-order chi connectivity index (χ0) is 13.8. The van der Waals surface area contributed by atoms with Crippen LogP contribution in [0.1, 0.15) is 30.2 Å². The zero-order valence-corrected chi connectivity index (χ0v) is 11.6. The molecular weight excluding hydrogens is 238 g/mol. The van der Waals surface area contributed by atoms with Crippen molar-refractivity contribution in [3.05, 3.63) is 57.5 Å². The van der Waals surface area contributed by atoms with Crippen molar-refractivity contribution in [2.24, 2.45) is 12.0 Å². The highest BCUT2D eigenvalue weighted by atomic mass is 16.1. The van der Waals surface area contributed by atoms with Gasteiger partial charge in [0.15, 0.2) is 0 Å². The summed E-state index contributed by atoms with van der Waals surface area (Å²) in [6.45, 7) is 4.70. The molecule has 0 radical (unpaired) electrons. The molecule has 0 spiro atoms. The summed E-state index contributed by atoms with van der Waals surface area (Å²) in [5.41, 5.74) is 3.25. The molecule has 0 aliphatic rings. The molecule has 0 saturated heterocycles. The van der Waals surface area contributed by atoms with Gasteiger partial charge in [0.2, 0.25) is 0 Å². The van der Waals surface area contributed by atoms with E-state index in [1.807, 2.05) is 37.3 Å². The first-order valence-corrected chi connectivity index (χ1v) is 6.51. The molecule has 0 unspecified atom stereocenters. The van der Waals surface area contributed by atoms with Crippen molar-refractivity contribution in [2.75, 3.05) is 6.54 Å². The highest BCUT2D eigenvalue weighted by molar-refractivity contribution is 6.13. The first-order valence-electron chi connectivity index (χ1n) is 6.51. The van der Waals surface area contributed by atoms with Crippen LogP contribution in [-0.2, 0) is 7.05 Å². The van der Waals surface area contributed by atoms with Crippen LogP contribution in [-0.4, -0.2) is 22.0 Å². The molecule has 1 aromatic heterocycles. The van der Waals surface area contributed by atoms with Crippen LogP contribution in [0.2, 0.25) is 0 Å². The largest absolute Gasteiger partial charge is 0.300 e. The average Bonchev–Trinajstić information content (AvgIpc) is 2.67. The van der Waals surface area contributed by atoms with E-state index in [0.29, 0.717) is 5.56 Å². The standard InChI is InChI=1S/C15H19N3O/c1-4-10-16-14(12-8-6-5-7-9-12)13-11(2)17-18(3)15(13)19/h5-9,17H,4,10H2,1-3H3. The Balaban J connectivity index is 2.60. The Labute approximate surface area is 112 Å². The Morgan fingerprint density at radius 3 is 2.53 bits per heavy atom. The van der Waals surface area contributed by atoms with Gasteiger partial charge in [-0.25, -0.2) is 0 Å². The molecule has 100 valence electrons. The molecule has 4 heteroatoms. The highest BCUT2D eigenvalue weighted by Gasteiger charge is 2.16. The Hall–Kier alpha value is -2.10. The monoisotopic (exact) mass is 257 g/mol. The lowest BCUT2D eigenvalue weighted by Gasteiger charge is -2.05. The van der Waals surface area contributed by atoms with Gasteiger partial charge in [-0.3, -0.25) is 19.6 Å². The van der Waals surface area contributed by atoms with Crippen molar-refractivity contribution in [1.82, 2.24) is 9.78 Å². The molecule has 0 atom stereocenters. The van der Waals surface area contributed by atoms with Crippen LogP contribution in [0, 0.1) is 6.92 Å². The number of nitrogens with zero attached hydrogens (tertiary/aromatic N) is 2. The van der Waals surface area contributed by atoms with Crippen LogP contribution >= 0.6 is 0 Å². The molecule has 4 nitrogen and oxygen atoms in total. The third-order valence-electron chi connectivity index (χ3n) is 3.01. The molecule has 2 rings (SSSR count). The van der Waals surface area contributed by atoms with Gasteiger partial charge < -0.3 is 0 Å². The van der Waals surface area contributed by atoms with Crippen molar-refractivity contribution >= 4 is 5.71 Å². The molecule has 1 aromatic carbocycles. The number of nitrogens with one attached hydrogen (secondary N) is 1. The Morgan fingerprint density at radius 2 is 2.00 bits per heavy atom. The lowest BCUT2D eigenvalue weighted by Crippen LogP contribution is -2.20. The normalized spacial score (nSPS) is 11.8. The number of hydrogen-bond acceptors (Lipinski definition) is 2. The fourth-order valence-electron chi connectivity index (χ4n) is 2.10. The van der Waals surface area contributed by atoms with Crippen molar-refractivity contribution in [1.29, 1.82) is 0 Å². The van der Waals surface area contributed by atoms with Crippen LogP contribution in [0.3, 0.4) is 0 Å². The average molecular weight is 257 g/mol. The molecular formula is C15H19N3O. The van der Waals surface area contributed by atoms with E-state index in [1.54, 1.807) is 7.05 Å². The predicted molar refractivity (Wildman–Crippen MR) is 78.0 cm³/mol. The number of hydrogen-bond donors (Lipinski definition) is 1. The summed E-state index contributed by atoms with van der Waals surface area (Å²) >= 11 is 0. The Kier molecular flexibility index (Phi) is 4.00. The molecule has 0 amide bonds. The van der Waals surface area contributed by atoms with Gasteiger partial charge in [0, 0.05) is 24.8 Å². The van der Waals surface area contributed by atoms with Gasteiger partial charge >= 0.3 is 0 Å². The summed E-state index contributed by atoms with van der Waals surface area (Å²) in [5.74, 6) is 0. The van der Waals surface area contributed by atoms with E-state index < -0.39 is 0 Å². The molecule has 19 heavy (non-hydrogen) atoms. The number of benzene rings is 1. The van der Waals surface area contributed by atoms with E-state index in [1.165, 1.54) is 4.68 Å². The number of rotatable bonds is 4. The minimum Gasteiger partial charge on any atom is -0.300 e. The van der Waals surface area contributed by atoms with Gasteiger partial charge in [0.05, 0.1) is 11.3 Å². The van der Waals surface area contributed by atoms with Crippen molar-refractivity contribution in [2.45, 2.75) is 20.3 Å². The summed E-state index contributed by atoms with van der Waals surface area (Å²) in [4.78, 5) is 16.8. The van der Waals surface area contributed by atoms with Gasteiger partial charge in [-0.15, -0.1) is 0 Å². The first kappa shape index (κ1) is 13.3. The topological polar surface area (TPSA) is 50.1 Å². The maximum Gasteiger partial charge on any atom is 0.275 e. The molecule has 0 fully saturated rings. The van der Waals surface area contributed by atoms with Crippen LogP contribution in [0.5, 0.6) is 0 Å². The number of aromatic nitrogens is 2. The first-order chi connectivity index (χ1) is 9.15. The van der Waals surface area contributed by atoms with Crippen LogP contribution in [0.25, 0.3) is 0 Å². The minimum atomic E-state index is -0.0313. The Morgan fingerprint density at radius 1 is 1.32 bits per heavy atom. The van der Waals surface area contributed by atoms with Crippen LogP contribution < -0.4 is 5.56 Å². The van der Waals surface area contributed by atoms with E-state index in [4.69, 9.17) is 0 Å². The number of aryl methyl sites for hydroxylation is 2. The second kappa shape index (κ2) is 5.69. The van der Waals surface area contributed by atoms with Gasteiger partial charge in [-0.05, 0) is 13.3 Å². The minimum absolute atomic E-state index is 0.0313. The Bertz CT molecular complexity index is 635. The van der Waals surface area contributed by atoms with Crippen molar-refractivity contribution < 1.29 is 0 Å². The molecule has 0 bridgehead atoms. The number of H-pyrrole nitrogens is 1. The third-order valence-corrected chi connectivity index (χ3v) is 3.01. The smallest absolute Gasteiger partial charge is 0.275 e. The zero-order valence-electron chi connectivity index (χ0n) is 11.6. The quantitative estimate of drug-likeness (QED) is 0.839. The van der Waals surface area contributed by atoms with E-state index in [9.17, 15) is 4.79 Å². The summed E-state index contributed by atoms with van der Waals surface area (Å²) < 4.78 is 1.50. The lowest BCUT2D eigenvalue weighted by atomic mass is 10.0. The fourth-order valence-corrected chi connectivity index (χ4v) is 2.10. The summed E-state index contributed by atoms with van der Waals surface area (Å²) in [7, 11) is 1.72.